The van der Waals surface area contributed by atoms with Gasteiger partial charge in [-0.15, -0.1) is 0 Å². The number of benzene rings is 3. The molecular weight excluding hydrogens is 556 g/mol. The largest absolute Gasteiger partial charge is 0.507 e. The number of hydrogen-bond donors (Lipinski definition) is 1. The van der Waals surface area contributed by atoms with Crippen LogP contribution in [0, 0.1) is 0 Å². The number of ketones is 1. The maximum absolute atomic E-state index is 13.7. The molecule has 1 fully saturated rings. The number of amides is 1. The van der Waals surface area contributed by atoms with Gasteiger partial charge in [0.05, 0.1) is 48.8 Å². The predicted octanol–water partition coefficient (Wildman–Crippen LogP) is 6.52. The first-order valence-corrected chi connectivity index (χ1v) is 14.6. The number of Topliss-reactive ketones (excluding diaryl/α,β-unsaturated/α-hetero) is 1. The van der Waals surface area contributed by atoms with Crippen LogP contribution in [0.1, 0.15) is 44.4 Å². The van der Waals surface area contributed by atoms with E-state index in [9.17, 15) is 14.7 Å². The number of aromatic nitrogens is 1. The second kappa shape index (κ2) is 12.5. The molecule has 1 amide bonds. The first-order chi connectivity index (χ1) is 20.4. The maximum Gasteiger partial charge on any atom is 0.301 e. The van der Waals surface area contributed by atoms with Gasteiger partial charge in [-0.05, 0) is 68.3 Å². The number of methoxy groups -OCH3 is 1. The third-order valence-corrected chi connectivity index (χ3v) is 7.71. The highest BCUT2D eigenvalue weighted by Crippen LogP contribution is 2.46. The summed E-state index contributed by atoms with van der Waals surface area (Å²) in [5.74, 6) is 0.253. The van der Waals surface area contributed by atoms with Gasteiger partial charge < -0.3 is 24.1 Å². The number of aliphatic hydroxyl groups is 1. The minimum atomic E-state index is -0.985. The van der Waals surface area contributed by atoms with Crippen LogP contribution in [0.15, 0.2) is 66.2 Å². The van der Waals surface area contributed by atoms with Gasteiger partial charge in [0.25, 0.3) is 5.78 Å². The molecule has 1 aliphatic rings. The first kappa shape index (κ1) is 28.9. The van der Waals surface area contributed by atoms with Crippen LogP contribution in [0.25, 0.3) is 16.0 Å². The van der Waals surface area contributed by atoms with E-state index in [1.807, 2.05) is 39.0 Å². The van der Waals surface area contributed by atoms with E-state index in [-0.39, 0.29) is 11.3 Å². The molecule has 1 unspecified atom stereocenters. The van der Waals surface area contributed by atoms with Crippen LogP contribution in [0.5, 0.6) is 23.0 Å². The highest BCUT2D eigenvalue weighted by Gasteiger charge is 2.48. The average Bonchev–Trinajstić information content (AvgIpc) is 3.53. The molecule has 1 N–H and O–H groups in total. The van der Waals surface area contributed by atoms with Crippen molar-refractivity contribution in [1.29, 1.82) is 0 Å². The maximum atomic E-state index is 13.7. The fraction of sp³-hybridized carbons (Fsp3) is 0.281. The second-order valence-electron chi connectivity index (χ2n) is 9.45. The molecule has 10 heteroatoms. The molecule has 2 heterocycles. The number of carbonyl (C=O) groups is 2. The van der Waals surface area contributed by atoms with Crippen molar-refractivity contribution < 1.29 is 33.6 Å². The van der Waals surface area contributed by atoms with Gasteiger partial charge in [-0.2, -0.15) is 0 Å². The molecule has 218 valence electrons. The van der Waals surface area contributed by atoms with Crippen molar-refractivity contribution in [1.82, 2.24) is 4.98 Å². The zero-order valence-electron chi connectivity index (χ0n) is 23.9. The Morgan fingerprint density at radius 1 is 0.929 bits per heavy atom. The molecule has 1 atom stereocenters. The summed E-state index contributed by atoms with van der Waals surface area (Å²) in [5, 5.41) is 11.9. The summed E-state index contributed by atoms with van der Waals surface area (Å²) >= 11 is 1.26. The molecule has 5 rings (SSSR count). The number of nitrogens with zero attached hydrogens (tertiary/aromatic N) is 2. The van der Waals surface area contributed by atoms with Crippen LogP contribution in [-0.4, -0.2) is 48.7 Å². The van der Waals surface area contributed by atoms with Crippen molar-refractivity contribution in [3.05, 3.63) is 77.4 Å². The van der Waals surface area contributed by atoms with Crippen molar-refractivity contribution in [3.63, 3.8) is 0 Å². The van der Waals surface area contributed by atoms with Crippen molar-refractivity contribution in [2.75, 3.05) is 31.8 Å². The second-order valence-corrected chi connectivity index (χ2v) is 10.5. The molecular formula is C32H32N2O7S. The van der Waals surface area contributed by atoms with Crippen LogP contribution >= 0.6 is 11.3 Å². The third-order valence-electron chi connectivity index (χ3n) is 6.69. The predicted molar refractivity (Wildman–Crippen MR) is 162 cm³/mol. The number of ether oxygens (including phenoxy) is 4. The van der Waals surface area contributed by atoms with Gasteiger partial charge in [-0.25, -0.2) is 4.98 Å². The standard InChI is InChI=1S/C32H32N2O7S/c1-5-15-41-21-10-8-9-20(16-21)29(35)27-28(19-11-14-24(40-7-3)25(17-19)38-4)34(31(37)30(27)36)32-33-23-13-12-22(39-6-2)18-26(23)42-32/h8-14,16-18,28,35H,5-7,15H2,1-4H3/b29-27+. The molecule has 0 bridgehead atoms. The van der Waals surface area contributed by atoms with E-state index in [2.05, 4.69) is 0 Å². The lowest BCUT2D eigenvalue weighted by Gasteiger charge is -2.24. The Labute approximate surface area is 247 Å². The van der Waals surface area contributed by atoms with Gasteiger partial charge in [0.15, 0.2) is 16.6 Å². The van der Waals surface area contributed by atoms with Gasteiger partial charge >= 0.3 is 5.91 Å². The zero-order valence-corrected chi connectivity index (χ0v) is 24.7. The van der Waals surface area contributed by atoms with Gasteiger partial charge in [-0.1, -0.05) is 36.5 Å². The summed E-state index contributed by atoms with van der Waals surface area (Å²) in [6.07, 6.45) is 0.815. The third kappa shape index (κ3) is 5.49. The monoisotopic (exact) mass is 588 g/mol. The van der Waals surface area contributed by atoms with Crippen LogP contribution in [-0.2, 0) is 9.59 Å². The lowest BCUT2D eigenvalue weighted by molar-refractivity contribution is -0.132. The zero-order chi connectivity index (χ0) is 29.8. The van der Waals surface area contributed by atoms with Crippen LogP contribution in [0.4, 0.5) is 5.13 Å². The Morgan fingerprint density at radius 3 is 2.45 bits per heavy atom. The molecule has 0 spiro atoms. The molecule has 0 radical (unpaired) electrons. The summed E-state index contributed by atoms with van der Waals surface area (Å²) in [6.45, 7) is 7.21. The van der Waals surface area contributed by atoms with E-state index < -0.39 is 17.7 Å². The molecule has 1 aliphatic heterocycles. The van der Waals surface area contributed by atoms with Gasteiger partial charge in [0.1, 0.15) is 17.3 Å². The van der Waals surface area contributed by atoms with E-state index in [1.165, 1.54) is 23.3 Å². The number of rotatable bonds is 11. The smallest absolute Gasteiger partial charge is 0.301 e. The lowest BCUT2D eigenvalue weighted by Crippen LogP contribution is -2.29. The number of carbonyl (C=O) groups excluding carboxylic acids is 2. The number of aliphatic hydroxyl groups excluding tert-OH is 1. The topological polar surface area (TPSA) is 107 Å². The van der Waals surface area contributed by atoms with E-state index in [1.54, 1.807) is 42.5 Å². The Balaban J connectivity index is 1.69. The lowest BCUT2D eigenvalue weighted by atomic mass is 9.95. The number of hydrogen-bond acceptors (Lipinski definition) is 9. The molecule has 1 aromatic heterocycles. The Morgan fingerprint density at radius 2 is 1.71 bits per heavy atom. The van der Waals surface area contributed by atoms with E-state index in [0.717, 1.165) is 11.1 Å². The van der Waals surface area contributed by atoms with Crippen molar-refractivity contribution in [2.45, 2.75) is 33.2 Å². The van der Waals surface area contributed by atoms with Crippen molar-refractivity contribution in [3.8, 4) is 23.0 Å². The molecule has 0 saturated carbocycles. The normalized spacial score (nSPS) is 16.2. The highest BCUT2D eigenvalue weighted by molar-refractivity contribution is 7.22. The summed E-state index contributed by atoms with van der Waals surface area (Å²) in [4.78, 5) is 33.4. The van der Waals surface area contributed by atoms with Gasteiger partial charge in [0, 0.05) is 5.56 Å². The molecule has 0 aliphatic carbocycles. The molecule has 42 heavy (non-hydrogen) atoms. The molecule has 9 nitrogen and oxygen atoms in total. The summed E-state index contributed by atoms with van der Waals surface area (Å²) in [7, 11) is 1.52. The number of fused-ring (bicyclic) bond motifs is 1. The Hall–Kier alpha value is -4.57. The van der Waals surface area contributed by atoms with Crippen LogP contribution in [0.2, 0.25) is 0 Å². The van der Waals surface area contributed by atoms with Crippen molar-refractivity contribution in [2.24, 2.45) is 0 Å². The van der Waals surface area contributed by atoms with Gasteiger partial charge in [-0.3, -0.25) is 14.5 Å². The average molecular weight is 589 g/mol. The van der Waals surface area contributed by atoms with Crippen LogP contribution in [0.3, 0.4) is 0 Å². The number of thiazole rings is 1. The Kier molecular flexibility index (Phi) is 8.63. The minimum Gasteiger partial charge on any atom is -0.507 e. The SMILES string of the molecule is CCCOc1cccc(/C(O)=C2\C(=O)C(=O)N(c3nc4ccc(OCC)cc4s3)C2c2ccc(OCC)c(OC)c2)c1. The molecule has 4 aromatic rings. The highest BCUT2D eigenvalue weighted by atomic mass is 32.1. The number of anilines is 1. The van der Waals surface area contributed by atoms with Crippen molar-refractivity contribution >= 4 is 44.1 Å². The van der Waals surface area contributed by atoms with E-state index in [4.69, 9.17) is 23.9 Å². The first-order valence-electron chi connectivity index (χ1n) is 13.8. The van der Waals surface area contributed by atoms with Crippen LogP contribution < -0.4 is 23.8 Å². The molecule has 3 aromatic carbocycles. The quantitative estimate of drug-likeness (QED) is 0.120. The van der Waals surface area contributed by atoms with E-state index in [0.29, 0.717) is 64.6 Å². The summed E-state index contributed by atoms with van der Waals surface area (Å²) < 4.78 is 23.4. The van der Waals surface area contributed by atoms with E-state index >= 15 is 0 Å². The summed E-state index contributed by atoms with van der Waals surface area (Å²) in [5.41, 5.74) is 1.50. The minimum absolute atomic E-state index is 0.0619. The van der Waals surface area contributed by atoms with Gasteiger partial charge in [0.2, 0.25) is 0 Å². The molecule has 1 saturated heterocycles. The fourth-order valence-electron chi connectivity index (χ4n) is 4.84. The fourth-order valence-corrected chi connectivity index (χ4v) is 5.86. The summed E-state index contributed by atoms with van der Waals surface area (Å²) in [6, 6.07) is 16.5. The Bertz CT molecular complexity index is 1660.